The zero-order valence-electron chi connectivity index (χ0n) is 11.6. The Morgan fingerprint density at radius 3 is 2.67 bits per heavy atom. The molecule has 1 aromatic rings. The molecule has 1 aliphatic rings. The number of anilines is 1. The quantitative estimate of drug-likeness (QED) is 0.841. The van der Waals surface area contributed by atoms with Gasteiger partial charge in [0.2, 0.25) is 0 Å². The van der Waals surface area contributed by atoms with Crippen molar-refractivity contribution in [3.63, 3.8) is 0 Å². The second-order valence-corrected chi connectivity index (χ2v) is 5.40. The fourth-order valence-electron chi connectivity index (χ4n) is 2.87. The average molecular weight is 247 g/mol. The fourth-order valence-corrected chi connectivity index (χ4v) is 2.87. The monoisotopic (exact) mass is 247 g/mol. The highest BCUT2D eigenvalue weighted by atomic mass is 16.5. The minimum Gasteiger partial charge on any atom is -0.382 e. The summed E-state index contributed by atoms with van der Waals surface area (Å²) in [5.74, 6) is 0.961. The minimum absolute atomic E-state index is 0.658. The van der Waals surface area contributed by atoms with Crippen molar-refractivity contribution >= 4 is 5.69 Å². The van der Waals surface area contributed by atoms with Crippen LogP contribution >= 0.6 is 0 Å². The van der Waals surface area contributed by atoms with E-state index in [0.717, 1.165) is 5.92 Å². The summed E-state index contributed by atoms with van der Waals surface area (Å²) in [5.41, 5.74) is 2.48. The molecule has 0 saturated heterocycles. The molecule has 0 amide bonds. The van der Waals surface area contributed by atoms with E-state index in [1.807, 2.05) is 0 Å². The van der Waals surface area contributed by atoms with Crippen molar-refractivity contribution in [3.05, 3.63) is 29.8 Å². The van der Waals surface area contributed by atoms with E-state index in [1.165, 1.54) is 43.4 Å². The molecule has 1 aliphatic carbocycles. The summed E-state index contributed by atoms with van der Waals surface area (Å²) >= 11 is 0. The van der Waals surface area contributed by atoms with Crippen molar-refractivity contribution in [1.29, 1.82) is 0 Å². The molecule has 2 heteroatoms. The number of ether oxygens (including phenoxy) is 1. The molecular formula is C16H25NO. The number of methoxy groups -OCH3 is 1. The van der Waals surface area contributed by atoms with Gasteiger partial charge in [-0.05, 0) is 49.3 Å². The predicted molar refractivity (Wildman–Crippen MR) is 76.8 cm³/mol. The van der Waals surface area contributed by atoms with Crippen LogP contribution in [0.25, 0.3) is 0 Å². The summed E-state index contributed by atoms with van der Waals surface area (Å²) in [6, 6.07) is 9.24. The lowest BCUT2D eigenvalue weighted by Gasteiger charge is -2.29. The Balaban J connectivity index is 1.87. The van der Waals surface area contributed by atoms with Gasteiger partial charge in [0.1, 0.15) is 0 Å². The summed E-state index contributed by atoms with van der Waals surface area (Å²) in [7, 11) is 1.74. The zero-order chi connectivity index (χ0) is 12.8. The SMILES string of the molecule is CCC1CCC(Nc2cccc(COC)c2)CC1. The van der Waals surface area contributed by atoms with E-state index in [9.17, 15) is 0 Å². The summed E-state index contributed by atoms with van der Waals surface area (Å²) in [4.78, 5) is 0. The van der Waals surface area contributed by atoms with Crippen molar-refractivity contribution < 1.29 is 4.74 Å². The summed E-state index contributed by atoms with van der Waals surface area (Å²) in [6.07, 6.45) is 6.73. The molecule has 0 radical (unpaired) electrons. The molecule has 0 atom stereocenters. The van der Waals surface area contributed by atoms with E-state index in [-0.39, 0.29) is 0 Å². The molecule has 1 aromatic carbocycles. The van der Waals surface area contributed by atoms with Gasteiger partial charge in [-0.1, -0.05) is 25.5 Å². The van der Waals surface area contributed by atoms with Gasteiger partial charge >= 0.3 is 0 Å². The first-order chi connectivity index (χ1) is 8.81. The van der Waals surface area contributed by atoms with Crippen LogP contribution in [0.5, 0.6) is 0 Å². The van der Waals surface area contributed by atoms with Crippen LogP contribution in [0.2, 0.25) is 0 Å². The van der Waals surface area contributed by atoms with Gasteiger partial charge in [-0.25, -0.2) is 0 Å². The fraction of sp³-hybridized carbons (Fsp3) is 0.625. The van der Waals surface area contributed by atoms with Crippen LogP contribution in [0, 0.1) is 5.92 Å². The highest BCUT2D eigenvalue weighted by Gasteiger charge is 2.19. The maximum absolute atomic E-state index is 5.17. The van der Waals surface area contributed by atoms with E-state index in [1.54, 1.807) is 7.11 Å². The highest BCUT2D eigenvalue weighted by molar-refractivity contribution is 5.46. The lowest BCUT2D eigenvalue weighted by Crippen LogP contribution is -2.25. The van der Waals surface area contributed by atoms with Gasteiger partial charge in [0, 0.05) is 18.8 Å². The lowest BCUT2D eigenvalue weighted by molar-refractivity contribution is 0.185. The average Bonchev–Trinajstić information content (AvgIpc) is 2.40. The van der Waals surface area contributed by atoms with Gasteiger partial charge in [-0.15, -0.1) is 0 Å². The number of nitrogens with one attached hydrogen (secondary N) is 1. The van der Waals surface area contributed by atoms with Crippen molar-refractivity contribution in [2.45, 2.75) is 51.7 Å². The first-order valence-electron chi connectivity index (χ1n) is 7.16. The first-order valence-corrected chi connectivity index (χ1v) is 7.16. The standard InChI is InChI=1S/C16H25NO/c1-3-13-7-9-15(10-8-13)17-16-6-4-5-14(11-16)12-18-2/h4-6,11,13,15,17H,3,7-10,12H2,1-2H3. The maximum Gasteiger partial charge on any atom is 0.0713 e. The van der Waals surface area contributed by atoms with Crippen molar-refractivity contribution in [2.24, 2.45) is 5.92 Å². The normalized spacial score (nSPS) is 23.9. The maximum atomic E-state index is 5.17. The van der Waals surface area contributed by atoms with Gasteiger partial charge in [0.05, 0.1) is 6.61 Å². The Bertz CT molecular complexity index is 356. The van der Waals surface area contributed by atoms with Crippen molar-refractivity contribution in [1.82, 2.24) is 0 Å². The van der Waals surface area contributed by atoms with Gasteiger partial charge in [-0.3, -0.25) is 0 Å². The van der Waals surface area contributed by atoms with Crippen LogP contribution < -0.4 is 5.32 Å². The van der Waals surface area contributed by atoms with E-state index >= 15 is 0 Å². The molecular weight excluding hydrogens is 222 g/mol. The third kappa shape index (κ3) is 3.74. The van der Waals surface area contributed by atoms with Crippen LogP contribution in [0.15, 0.2) is 24.3 Å². The molecule has 0 aliphatic heterocycles. The van der Waals surface area contributed by atoms with E-state index < -0.39 is 0 Å². The van der Waals surface area contributed by atoms with Crippen molar-refractivity contribution in [2.75, 3.05) is 12.4 Å². The Labute approximate surface area is 111 Å². The molecule has 1 saturated carbocycles. The molecule has 1 fully saturated rings. The first kappa shape index (κ1) is 13.4. The topological polar surface area (TPSA) is 21.3 Å². The second-order valence-electron chi connectivity index (χ2n) is 5.40. The number of hydrogen-bond donors (Lipinski definition) is 1. The van der Waals surface area contributed by atoms with Gasteiger partial charge < -0.3 is 10.1 Å². The molecule has 18 heavy (non-hydrogen) atoms. The van der Waals surface area contributed by atoms with Crippen LogP contribution in [0.4, 0.5) is 5.69 Å². The third-order valence-corrected chi connectivity index (χ3v) is 4.03. The molecule has 1 N–H and O–H groups in total. The van der Waals surface area contributed by atoms with Gasteiger partial charge in [-0.2, -0.15) is 0 Å². The third-order valence-electron chi connectivity index (χ3n) is 4.03. The van der Waals surface area contributed by atoms with Crippen LogP contribution in [-0.4, -0.2) is 13.2 Å². The largest absolute Gasteiger partial charge is 0.382 e. The van der Waals surface area contributed by atoms with Crippen molar-refractivity contribution in [3.8, 4) is 0 Å². The summed E-state index contributed by atoms with van der Waals surface area (Å²) in [5, 5.41) is 3.67. The van der Waals surface area contributed by atoms with Crippen LogP contribution in [0.3, 0.4) is 0 Å². The van der Waals surface area contributed by atoms with Crippen LogP contribution in [0.1, 0.15) is 44.6 Å². The molecule has 0 heterocycles. The number of benzene rings is 1. The smallest absolute Gasteiger partial charge is 0.0713 e. The van der Waals surface area contributed by atoms with Crippen LogP contribution in [-0.2, 0) is 11.3 Å². The molecule has 0 aromatic heterocycles. The Morgan fingerprint density at radius 2 is 2.00 bits per heavy atom. The number of rotatable bonds is 5. The van der Waals surface area contributed by atoms with Gasteiger partial charge in [0.25, 0.3) is 0 Å². The Hall–Kier alpha value is -1.02. The van der Waals surface area contributed by atoms with E-state index in [2.05, 4.69) is 36.5 Å². The molecule has 2 nitrogen and oxygen atoms in total. The molecule has 100 valence electrons. The van der Waals surface area contributed by atoms with E-state index in [0.29, 0.717) is 12.6 Å². The molecule has 2 rings (SSSR count). The van der Waals surface area contributed by atoms with Gasteiger partial charge in [0.15, 0.2) is 0 Å². The second kappa shape index (κ2) is 6.79. The summed E-state index contributed by atoms with van der Waals surface area (Å²) in [6.45, 7) is 3.00. The molecule has 0 bridgehead atoms. The molecule has 0 spiro atoms. The Morgan fingerprint density at radius 1 is 1.22 bits per heavy atom. The van der Waals surface area contributed by atoms with E-state index in [4.69, 9.17) is 4.74 Å². The lowest BCUT2D eigenvalue weighted by atomic mass is 9.84. The zero-order valence-corrected chi connectivity index (χ0v) is 11.6. The summed E-state index contributed by atoms with van der Waals surface area (Å²) < 4.78 is 5.17. The Kier molecular flexibility index (Phi) is 5.06. The highest BCUT2D eigenvalue weighted by Crippen LogP contribution is 2.28. The molecule has 0 unspecified atom stereocenters. The number of hydrogen-bond acceptors (Lipinski definition) is 2. The predicted octanol–water partition coefficient (Wildman–Crippen LogP) is 4.21. The minimum atomic E-state index is 0.658.